The van der Waals surface area contributed by atoms with Gasteiger partial charge >= 0.3 is 5.97 Å². The van der Waals surface area contributed by atoms with Crippen LogP contribution in [0.2, 0.25) is 0 Å². The van der Waals surface area contributed by atoms with Crippen molar-refractivity contribution in [2.24, 2.45) is 0 Å². The van der Waals surface area contributed by atoms with E-state index < -0.39 is 11.9 Å². The number of thiocarbonyl (C=S) groups is 1. The van der Waals surface area contributed by atoms with Crippen molar-refractivity contribution >= 4 is 57.8 Å². The van der Waals surface area contributed by atoms with Crippen molar-refractivity contribution in [1.82, 2.24) is 4.90 Å². The van der Waals surface area contributed by atoms with E-state index in [1.165, 1.54) is 22.9 Å². The fraction of sp³-hybridized carbons (Fsp3) is 0.100. The molecule has 0 atom stereocenters. The Balaban J connectivity index is 1.77. The molecular formula is C20H16N2O4S2. The number of carbonyl (C=O) groups is 3. The van der Waals surface area contributed by atoms with Gasteiger partial charge in [0.25, 0.3) is 5.91 Å². The summed E-state index contributed by atoms with van der Waals surface area (Å²) >= 11 is 6.40. The Labute approximate surface area is 171 Å². The molecule has 142 valence electrons. The van der Waals surface area contributed by atoms with Gasteiger partial charge in [0.2, 0.25) is 5.91 Å². The smallest absolute Gasteiger partial charge is 0.337 e. The first kappa shape index (κ1) is 19.8. The number of benzene rings is 2. The molecule has 8 heteroatoms. The lowest BCUT2D eigenvalue weighted by Gasteiger charge is -2.22. The molecule has 3 rings (SSSR count). The Bertz CT molecular complexity index is 989. The summed E-state index contributed by atoms with van der Waals surface area (Å²) in [5, 5.41) is 9.31. The van der Waals surface area contributed by atoms with Crippen LogP contribution in [0.3, 0.4) is 0 Å². The number of carboxylic acid groups (broad SMARTS) is 1. The van der Waals surface area contributed by atoms with Crippen LogP contribution in [0.5, 0.6) is 0 Å². The maximum Gasteiger partial charge on any atom is 0.337 e. The maximum absolute atomic E-state index is 12.7. The maximum atomic E-state index is 12.7. The minimum Gasteiger partial charge on any atom is -0.478 e. The van der Waals surface area contributed by atoms with Gasteiger partial charge in [-0.15, -0.1) is 0 Å². The zero-order valence-electron chi connectivity index (χ0n) is 14.9. The van der Waals surface area contributed by atoms with Crippen molar-refractivity contribution < 1.29 is 19.5 Å². The molecule has 1 fully saturated rings. The van der Waals surface area contributed by atoms with E-state index in [0.717, 1.165) is 17.3 Å². The quantitative estimate of drug-likeness (QED) is 0.600. The van der Waals surface area contributed by atoms with Crippen LogP contribution in [0.4, 0.5) is 5.69 Å². The van der Waals surface area contributed by atoms with Crippen LogP contribution in [0.15, 0.2) is 59.5 Å². The zero-order valence-corrected chi connectivity index (χ0v) is 16.5. The summed E-state index contributed by atoms with van der Waals surface area (Å²) in [4.78, 5) is 39.6. The highest BCUT2D eigenvalue weighted by atomic mass is 32.2. The van der Waals surface area contributed by atoms with E-state index in [1.54, 1.807) is 24.3 Å². The molecule has 1 aliphatic rings. The van der Waals surface area contributed by atoms with Gasteiger partial charge in [-0.1, -0.05) is 66.4 Å². The molecule has 1 aliphatic heterocycles. The minimum absolute atomic E-state index is 0.00714. The van der Waals surface area contributed by atoms with Crippen molar-refractivity contribution in [2.45, 2.75) is 0 Å². The lowest BCUT2D eigenvalue weighted by Crippen LogP contribution is -2.40. The molecule has 28 heavy (non-hydrogen) atoms. The molecule has 2 aromatic carbocycles. The lowest BCUT2D eigenvalue weighted by atomic mass is 10.1. The van der Waals surface area contributed by atoms with E-state index in [9.17, 15) is 19.5 Å². The number of amides is 2. The molecule has 0 radical (unpaired) electrons. The van der Waals surface area contributed by atoms with Crippen LogP contribution in [-0.2, 0) is 9.59 Å². The van der Waals surface area contributed by atoms with Crippen LogP contribution in [-0.4, -0.2) is 45.7 Å². The number of hydrogen-bond donors (Lipinski definition) is 1. The summed E-state index contributed by atoms with van der Waals surface area (Å²) < 4.78 is 0.292. The fourth-order valence-electron chi connectivity index (χ4n) is 2.66. The average Bonchev–Trinajstić information content (AvgIpc) is 2.95. The number of carboxylic acids is 1. The van der Waals surface area contributed by atoms with Crippen LogP contribution in [0, 0.1) is 0 Å². The van der Waals surface area contributed by atoms with E-state index in [1.807, 2.05) is 30.3 Å². The lowest BCUT2D eigenvalue weighted by molar-refractivity contribution is -0.127. The molecule has 0 saturated carbocycles. The van der Waals surface area contributed by atoms with Crippen LogP contribution in [0.25, 0.3) is 6.08 Å². The predicted octanol–water partition coefficient (Wildman–Crippen LogP) is 3.25. The van der Waals surface area contributed by atoms with E-state index in [2.05, 4.69) is 0 Å². The molecule has 1 saturated heterocycles. The second kappa shape index (κ2) is 8.37. The van der Waals surface area contributed by atoms with Gasteiger partial charge in [0.05, 0.1) is 16.2 Å². The van der Waals surface area contributed by atoms with Crippen molar-refractivity contribution in [3.63, 3.8) is 0 Å². The average molecular weight is 412 g/mol. The molecule has 0 spiro atoms. The first-order chi connectivity index (χ1) is 13.4. The monoisotopic (exact) mass is 412 g/mol. The molecule has 2 amide bonds. The molecule has 1 N–H and O–H groups in total. The zero-order chi connectivity index (χ0) is 20.3. The van der Waals surface area contributed by atoms with E-state index in [-0.39, 0.29) is 23.7 Å². The molecule has 0 aromatic heterocycles. The molecule has 0 bridgehead atoms. The van der Waals surface area contributed by atoms with Gasteiger partial charge in [0.15, 0.2) is 0 Å². The number of aromatic carboxylic acids is 1. The molecular weight excluding hydrogens is 396 g/mol. The Morgan fingerprint density at radius 2 is 1.79 bits per heavy atom. The van der Waals surface area contributed by atoms with Crippen molar-refractivity contribution in [2.75, 3.05) is 18.5 Å². The van der Waals surface area contributed by atoms with Gasteiger partial charge in [0.1, 0.15) is 10.9 Å². The van der Waals surface area contributed by atoms with Gasteiger partial charge < -0.3 is 10.0 Å². The fourth-order valence-corrected chi connectivity index (χ4v) is 3.91. The highest BCUT2D eigenvalue weighted by molar-refractivity contribution is 8.26. The Kier molecular flexibility index (Phi) is 5.91. The van der Waals surface area contributed by atoms with Crippen LogP contribution in [0.1, 0.15) is 15.9 Å². The van der Waals surface area contributed by atoms with E-state index in [0.29, 0.717) is 9.23 Å². The Morgan fingerprint density at radius 1 is 1.14 bits per heavy atom. The third kappa shape index (κ3) is 4.13. The number of hydrogen-bond acceptors (Lipinski definition) is 5. The SMILES string of the molecule is CN(C(=O)CN1C(=O)/C(=C/c2ccccc2)SC1=S)c1ccccc1C(=O)O. The third-order valence-corrected chi connectivity index (χ3v) is 5.51. The summed E-state index contributed by atoms with van der Waals surface area (Å²) in [5.74, 6) is -1.91. The summed E-state index contributed by atoms with van der Waals surface area (Å²) in [6, 6.07) is 15.5. The van der Waals surface area contributed by atoms with Gasteiger partial charge in [-0.25, -0.2) is 4.79 Å². The minimum atomic E-state index is -1.13. The molecule has 2 aromatic rings. The topological polar surface area (TPSA) is 77.9 Å². The number of nitrogens with zero attached hydrogens (tertiary/aromatic N) is 2. The summed E-state index contributed by atoms with van der Waals surface area (Å²) in [6.07, 6.45) is 1.73. The Hall–Kier alpha value is -2.97. The normalized spacial score (nSPS) is 15.2. The number of para-hydroxylation sites is 1. The second-order valence-corrected chi connectivity index (χ2v) is 7.63. The first-order valence-electron chi connectivity index (χ1n) is 8.28. The van der Waals surface area contributed by atoms with Crippen LogP contribution < -0.4 is 4.90 Å². The summed E-state index contributed by atoms with van der Waals surface area (Å²) in [7, 11) is 1.47. The molecule has 1 heterocycles. The van der Waals surface area contributed by atoms with Crippen molar-refractivity contribution in [3.8, 4) is 0 Å². The standard InChI is InChI=1S/C20H16N2O4S2/c1-21(15-10-6-5-9-14(15)19(25)26)17(23)12-22-18(24)16(28-20(22)27)11-13-7-3-2-4-8-13/h2-11H,12H2,1H3,(H,25,26)/b16-11-. The number of thioether (sulfide) groups is 1. The first-order valence-corrected chi connectivity index (χ1v) is 9.50. The largest absolute Gasteiger partial charge is 0.478 e. The van der Waals surface area contributed by atoms with Gasteiger partial charge in [-0.05, 0) is 23.8 Å². The van der Waals surface area contributed by atoms with Gasteiger partial charge in [-0.3, -0.25) is 14.5 Å². The highest BCUT2D eigenvalue weighted by Crippen LogP contribution is 2.32. The number of rotatable bonds is 5. The third-order valence-electron chi connectivity index (χ3n) is 4.13. The van der Waals surface area contributed by atoms with E-state index in [4.69, 9.17) is 12.2 Å². The number of carbonyl (C=O) groups excluding carboxylic acids is 2. The summed E-state index contributed by atoms with van der Waals surface area (Å²) in [5.41, 5.74) is 1.12. The Morgan fingerprint density at radius 3 is 2.46 bits per heavy atom. The van der Waals surface area contributed by atoms with Gasteiger partial charge in [-0.2, -0.15) is 0 Å². The molecule has 0 aliphatic carbocycles. The van der Waals surface area contributed by atoms with Gasteiger partial charge in [0, 0.05) is 7.05 Å². The number of anilines is 1. The second-order valence-electron chi connectivity index (χ2n) is 5.95. The molecule has 0 unspecified atom stereocenters. The highest BCUT2D eigenvalue weighted by Gasteiger charge is 2.34. The summed E-state index contributed by atoms with van der Waals surface area (Å²) in [6.45, 7) is -0.263. The molecule has 6 nitrogen and oxygen atoms in total. The predicted molar refractivity (Wildman–Crippen MR) is 113 cm³/mol. The van der Waals surface area contributed by atoms with E-state index >= 15 is 0 Å². The van der Waals surface area contributed by atoms with Crippen LogP contribution >= 0.6 is 24.0 Å². The number of likely N-dealkylation sites (N-methyl/N-ethyl adjacent to an activating group) is 1. The van der Waals surface area contributed by atoms with Crippen molar-refractivity contribution in [1.29, 1.82) is 0 Å². The van der Waals surface area contributed by atoms with Crippen molar-refractivity contribution in [3.05, 3.63) is 70.6 Å².